The molecule has 1 aliphatic heterocycles. The van der Waals surface area contributed by atoms with E-state index in [1.54, 1.807) is 21.3 Å². The molecular weight excluding hydrogens is 394 g/mol. The van der Waals surface area contributed by atoms with Crippen LogP contribution in [0.4, 0.5) is 5.69 Å². The van der Waals surface area contributed by atoms with Crippen LogP contribution in [0.25, 0.3) is 0 Å². The van der Waals surface area contributed by atoms with E-state index < -0.39 is 0 Å². The average Bonchev–Trinajstić information content (AvgIpc) is 3.31. The van der Waals surface area contributed by atoms with Gasteiger partial charge in [0.1, 0.15) is 0 Å². The van der Waals surface area contributed by atoms with E-state index in [2.05, 4.69) is 17.5 Å². The number of benzene rings is 2. The van der Waals surface area contributed by atoms with Gasteiger partial charge in [-0.25, -0.2) is 4.79 Å². The number of carbonyl (C=O) groups excluding carboxylic acids is 1. The van der Waals surface area contributed by atoms with Crippen LogP contribution in [0.15, 0.2) is 42.5 Å². The third kappa shape index (κ3) is 3.82. The Morgan fingerprint density at radius 3 is 2.45 bits per heavy atom. The first-order chi connectivity index (χ1) is 15.1. The molecule has 0 spiro atoms. The molecule has 1 N–H and O–H groups in total. The van der Waals surface area contributed by atoms with Crippen molar-refractivity contribution in [2.24, 2.45) is 5.92 Å². The van der Waals surface area contributed by atoms with Crippen molar-refractivity contribution in [1.82, 2.24) is 0 Å². The largest absolute Gasteiger partial charge is 0.493 e. The zero-order valence-electron chi connectivity index (χ0n) is 18.4. The van der Waals surface area contributed by atoms with Gasteiger partial charge in [0, 0.05) is 11.6 Å². The highest BCUT2D eigenvalue weighted by Gasteiger charge is 2.39. The molecular formula is C25H29NO5. The van der Waals surface area contributed by atoms with Crippen molar-refractivity contribution in [2.75, 3.05) is 33.3 Å². The van der Waals surface area contributed by atoms with E-state index in [9.17, 15) is 4.79 Å². The minimum absolute atomic E-state index is 0.0686. The number of esters is 1. The Morgan fingerprint density at radius 2 is 1.81 bits per heavy atom. The number of rotatable bonds is 7. The summed E-state index contributed by atoms with van der Waals surface area (Å²) in [6.45, 7) is 2.42. The second kappa shape index (κ2) is 8.92. The lowest BCUT2D eigenvalue weighted by Crippen LogP contribution is -2.29. The number of hydrogen-bond donors (Lipinski definition) is 1. The first-order valence-corrected chi connectivity index (χ1v) is 10.6. The topological polar surface area (TPSA) is 66.0 Å². The quantitative estimate of drug-likeness (QED) is 0.493. The summed E-state index contributed by atoms with van der Waals surface area (Å²) in [6, 6.07) is 9.87. The van der Waals surface area contributed by atoms with Crippen molar-refractivity contribution < 1.29 is 23.7 Å². The van der Waals surface area contributed by atoms with Crippen LogP contribution in [0.2, 0.25) is 0 Å². The lowest BCUT2D eigenvalue weighted by atomic mass is 9.76. The van der Waals surface area contributed by atoms with Crippen LogP contribution in [0.1, 0.15) is 53.2 Å². The molecule has 0 saturated carbocycles. The Kier molecular flexibility index (Phi) is 6.07. The fourth-order valence-electron chi connectivity index (χ4n) is 4.61. The van der Waals surface area contributed by atoms with E-state index in [0.717, 1.165) is 29.7 Å². The normalized spacial score (nSPS) is 21.0. The van der Waals surface area contributed by atoms with Crippen LogP contribution in [0.5, 0.6) is 17.2 Å². The van der Waals surface area contributed by atoms with Crippen LogP contribution in [-0.4, -0.2) is 33.9 Å². The van der Waals surface area contributed by atoms with E-state index in [4.69, 9.17) is 18.9 Å². The highest BCUT2D eigenvalue weighted by atomic mass is 16.5. The Labute approximate surface area is 183 Å². The number of nitrogens with one attached hydrogen (secondary N) is 1. The van der Waals surface area contributed by atoms with Crippen molar-refractivity contribution in [1.29, 1.82) is 0 Å². The van der Waals surface area contributed by atoms with Crippen molar-refractivity contribution in [2.45, 2.75) is 31.7 Å². The average molecular weight is 424 g/mol. The standard InChI is InChI=1S/C25H29NO5/c1-5-11-31-25(27)15-9-10-20-19(12-15)17-7-6-8-18(17)23(26-20)16-13-21(28-2)24(30-4)22(14-16)29-3/h6-7,9-10,12-14,17-18,23,26H,5,8,11H2,1-4H3. The van der Waals surface area contributed by atoms with Gasteiger partial charge in [0.2, 0.25) is 5.75 Å². The van der Waals surface area contributed by atoms with Gasteiger partial charge in [-0.15, -0.1) is 0 Å². The zero-order valence-corrected chi connectivity index (χ0v) is 18.4. The van der Waals surface area contributed by atoms with Crippen molar-refractivity contribution in [3.8, 4) is 17.2 Å². The van der Waals surface area contributed by atoms with Gasteiger partial charge in [-0.2, -0.15) is 0 Å². The minimum atomic E-state index is -0.269. The van der Waals surface area contributed by atoms with E-state index >= 15 is 0 Å². The summed E-state index contributed by atoms with van der Waals surface area (Å²) in [7, 11) is 4.86. The number of anilines is 1. The molecule has 0 amide bonds. The molecule has 0 radical (unpaired) electrons. The maximum atomic E-state index is 12.4. The van der Waals surface area contributed by atoms with E-state index in [1.165, 1.54) is 0 Å². The van der Waals surface area contributed by atoms with E-state index in [1.807, 2.05) is 37.3 Å². The Bertz CT molecular complexity index is 974. The molecule has 0 fully saturated rings. The molecule has 0 bridgehead atoms. The number of methoxy groups -OCH3 is 3. The van der Waals surface area contributed by atoms with Crippen molar-refractivity contribution in [3.05, 3.63) is 59.2 Å². The second-order valence-electron chi connectivity index (χ2n) is 7.87. The number of allylic oxidation sites excluding steroid dienone is 2. The van der Waals surface area contributed by atoms with Gasteiger partial charge in [-0.3, -0.25) is 0 Å². The van der Waals surface area contributed by atoms with Crippen LogP contribution in [-0.2, 0) is 4.74 Å². The maximum Gasteiger partial charge on any atom is 0.338 e. The van der Waals surface area contributed by atoms with Gasteiger partial charge in [0.15, 0.2) is 11.5 Å². The summed E-state index contributed by atoms with van der Waals surface area (Å²) < 4.78 is 21.9. The molecule has 0 aromatic heterocycles. The van der Waals surface area contributed by atoms with E-state index in [0.29, 0.717) is 35.3 Å². The molecule has 2 aromatic rings. The smallest absolute Gasteiger partial charge is 0.338 e. The molecule has 164 valence electrons. The molecule has 3 atom stereocenters. The van der Waals surface area contributed by atoms with Crippen LogP contribution in [0.3, 0.4) is 0 Å². The van der Waals surface area contributed by atoms with Crippen molar-refractivity contribution in [3.63, 3.8) is 0 Å². The first-order valence-electron chi connectivity index (χ1n) is 10.6. The predicted molar refractivity (Wildman–Crippen MR) is 119 cm³/mol. The number of carbonyl (C=O) groups is 1. The van der Waals surface area contributed by atoms with Gasteiger partial charge >= 0.3 is 5.97 Å². The summed E-state index contributed by atoms with van der Waals surface area (Å²) in [4.78, 5) is 12.4. The highest BCUT2D eigenvalue weighted by Crippen LogP contribution is 2.51. The SMILES string of the molecule is CCCOC(=O)c1ccc2c(c1)C1C=CCC1C(c1cc(OC)c(OC)c(OC)c1)N2. The molecule has 4 rings (SSSR count). The number of ether oxygens (including phenoxy) is 4. The summed E-state index contributed by atoms with van der Waals surface area (Å²) in [5, 5.41) is 3.69. The molecule has 2 aliphatic rings. The molecule has 31 heavy (non-hydrogen) atoms. The number of fused-ring (bicyclic) bond motifs is 3. The Morgan fingerprint density at radius 1 is 1.06 bits per heavy atom. The van der Waals surface area contributed by atoms with Crippen LogP contribution in [0, 0.1) is 5.92 Å². The summed E-state index contributed by atoms with van der Waals surface area (Å²) >= 11 is 0. The highest BCUT2D eigenvalue weighted by molar-refractivity contribution is 5.90. The minimum Gasteiger partial charge on any atom is -0.493 e. The monoisotopic (exact) mass is 423 g/mol. The van der Waals surface area contributed by atoms with Gasteiger partial charge < -0.3 is 24.3 Å². The Hall–Kier alpha value is -3.15. The maximum absolute atomic E-state index is 12.4. The molecule has 6 heteroatoms. The molecule has 0 saturated heterocycles. The molecule has 1 aliphatic carbocycles. The molecule has 1 heterocycles. The van der Waals surface area contributed by atoms with Gasteiger partial charge in [-0.1, -0.05) is 19.1 Å². The van der Waals surface area contributed by atoms with Crippen molar-refractivity contribution >= 4 is 11.7 Å². The van der Waals surface area contributed by atoms with Gasteiger partial charge in [0.25, 0.3) is 0 Å². The summed E-state index contributed by atoms with van der Waals surface area (Å²) in [6.07, 6.45) is 6.22. The van der Waals surface area contributed by atoms with Gasteiger partial charge in [0.05, 0.1) is 39.5 Å². The lowest BCUT2D eigenvalue weighted by molar-refractivity contribution is 0.0505. The Balaban J connectivity index is 1.71. The molecule has 6 nitrogen and oxygen atoms in total. The predicted octanol–water partition coefficient (Wildman–Crippen LogP) is 5.11. The first kappa shape index (κ1) is 21.1. The van der Waals surface area contributed by atoms with E-state index in [-0.39, 0.29) is 17.9 Å². The second-order valence-corrected chi connectivity index (χ2v) is 7.87. The molecule has 3 unspecified atom stereocenters. The molecule has 2 aromatic carbocycles. The third-order valence-electron chi connectivity index (χ3n) is 6.08. The van der Waals surface area contributed by atoms with Crippen LogP contribution >= 0.6 is 0 Å². The lowest BCUT2D eigenvalue weighted by Gasteiger charge is -2.38. The number of hydrogen-bond acceptors (Lipinski definition) is 6. The fourth-order valence-corrected chi connectivity index (χ4v) is 4.61. The summed E-state index contributed by atoms with van der Waals surface area (Å²) in [5.74, 6) is 2.13. The fraction of sp³-hybridized carbons (Fsp3) is 0.400. The zero-order chi connectivity index (χ0) is 22.0. The third-order valence-corrected chi connectivity index (χ3v) is 6.08. The summed E-state index contributed by atoms with van der Waals surface area (Å²) in [5.41, 5.74) is 3.83. The van der Waals surface area contributed by atoms with Crippen LogP contribution < -0.4 is 19.5 Å². The van der Waals surface area contributed by atoms with Gasteiger partial charge in [-0.05, 0) is 60.2 Å².